The molecular formula is C23H24Cl2N2O2S2. The zero-order chi connectivity index (χ0) is 22.3. The van der Waals surface area contributed by atoms with Crippen LogP contribution >= 0.6 is 34.5 Å². The van der Waals surface area contributed by atoms with Crippen LogP contribution in [0.15, 0.2) is 40.6 Å². The Bertz CT molecular complexity index is 1230. The summed E-state index contributed by atoms with van der Waals surface area (Å²) in [4.78, 5) is 7.29. The third-order valence-corrected chi connectivity index (χ3v) is 9.88. The van der Waals surface area contributed by atoms with E-state index in [1.807, 2.05) is 0 Å². The highest BCUT2D eigenvalue weighted by Crippen LogP contribution is 2.34. The number of benzene rings is 2. The number of hydrogen-bond acceptors (Lipinski definition) is 5. The van der Waals surface area contributed by atoms with Gasteiger partial charge in [0.1, 0.15) is 0 Å². The molecule has 31 heavy (non-hydrogen) atoms. The lowest BCUT2D eigenvalue weighted by Gasteiger charge is -2.31. The molecule has 0 radical (unpaired) electrons. The largest absolute Gasteiger partial charge is 0.348 e. The van der Waals surface area contributed by atoms with Crippen molar-refractivity contribution >= 4 is 49.5 Å². The highest BCUT2D eigenvalue weighted by atomic mass is 35.5. The molecule has 4 nitrogen and oxygen atoms in total. The molecule has 1 fully saturated rings. The number of nitrogens with zero attached hydrogens (tertiary/aromatic N) is 2. The summed E-state index contributed by atoms with van der Waals surface area (Å²) in [5.74, 6) is 0. The van der Waals surface area contributed by atoms with Crippen LogP contribution in [0.4, 0.5) is 5.13 Å². The summed E-state index contributed by atoms with van der Waals surface area (Å²) in [7, 11) is -3.45. The van der Waals surface area contributed by atoms with Crippen LogP contribution in [0.3, 0.4) is 0 Å². The molecule has 0 bridgehead atoms. The Morgan fingerprint density at radius 2 is 1.65 bits per heavy atom. The second-order valence-electron chi connectivity index (χ2n) is 8.07. The molecule has 1 aliphatic rings. The van der Waals surface area contributed by atoms with Crippen molar-refractivity contribution in [2.45, 2.75) is 43.8 Å². The molecule has 8 heteroatoms. The minimum atomic E-state index is -3.45. The first-order valence-electron chi connectivity index (χ1n) is 10.1. The number of aryl methyl sites for hydroxylation is 3. The maximum absolute atomic E-state index is 13.0. The van der Waals surface area contributed by atoms with Gasteiger partial charge in [-0.2, -0.15) is 0 Å². The van der Waals surface area contributed by atoms with Gasteiger partial charge in [0, 0.05) is 24.0 Å². The van der Waals surface area contributed by atoms with Gasteiger partial charge in [0.2, 0.25) is 0 Å². The summed E-state index contributed by atoms with van der Waals surface area (Å²) >= 11 is 13.6. The average Bonchev–Trinajstić information content (AvgIpc) is 3.22. The standard InChI is InChI=1S/C23H24Cl2N2O2S2/c1-14-10-16(3)19(11-15(14)2)22-13-30-23(26-22)27-8-6-17(7-9-27)31(28,29)18-4-5-20(24)21(25)12-18/h4-5,10-13,17H,6-9H2,1-3H3. The minimum absolute atomic E-state index is 0.238. The van der Waals surface area contributed by atoms with Crippen LogP contribution in [-0.4, -0.2) is 31.7 Å². The average molecular weight is 495 g/mol. The molecule has 1 aliphatic heterocycles. The number of hydrogen-bond donors (Lipinski definition) is 0. The van der Waals surface area contributed by atoms with Gasteiger partial charge in [-0.1, -0.05) is 29.3 Å². The summed E-state index contributed by atoms with van der Waals surface area (Å²) in [6.45, 7) is 7.66. The fourth-order valence-electron chi connectivity index (χ4n) is 3.97. The van der Waals surface area contributed by atoms with E-state index in [4.69, 9.17) is 28.2 Å². The quantitative estimate of drug-likeness (QED) is 0.416. The van der Waals surface area contributed by atoms with Gasteiger partial charge in [-0.25, -0.2) is 13.4 Å². The Morgan fingerprint density at radius 3 is 2.32 bits per heavy atom. The predicted molar refractivity (Wildman–Crippen MR) is 131 cm³/mol. The van der Waals surface area contributed by atoms with Crippen LogP contribution in [0.2, 0.25) is 10.0 Å². The fourth-order valence-corrected chi connectivity index (χ4v) is 6.97. The van der Waals surface area contributed by atoms with Gasteiger partial charge in [-0.05, 0) is 74.6 Å². The number of rotatable bonds is 4. The molecule has 2 aromatic carbocycles. The van der Waals surface area contributed by atoms with Crippen LogP contribution in [0.5, 0.6) is 0 Å². The summed E-state index contributed by atoms with van der Waals surface area (Å²) in [5.41, 5.74) is 5.88. The van der Waals surface area contributed by atoms with Gasteiger partial charge < -0.3 is 4.90 Å². The number of halogens is 2. The topological polar surface area (TPSA) is 50.3 Å². The lowest BCUT2D eigenvalue weighted by molar-refractivity contribution is 0.529. The van der Waals surface area contributed by atoms with E-state index in [9.17, 15) is 8.42 Å². The van der Waals surface area contributed by atoms with Crippen molar-refractivity contribution in [2.75, 3.05) is 18.0 Å². The highest BCUT2D eigenvalue weighted by molar-refractivity contribution is 7.92. The fraction of sp³-hybridized carbons (Fsp3) is 0.348. The zero-order valence-electron chi connectivity index (χ0n) is 17.7. The molecule has 0 unspecified atom stereocenters. The molecule has 0 atom stereocenters. The summed E-state index contributed by atoms with van der Waals surface area (Å²) in [6.07, 6.45) is 1.11. The van der Waals surface area contributed by atoms with Crippen LogP contribution in [-0.2, 0) is 9.84 Å². The van der Waals surface area contributed by atoms with Crippen molar-refractivity contribution in [1.29, 1.82) is 0 Å². The lowest BCUT2D eigenvalue weighted by Crippen LogP contribution is -2.39. The first-order valence-corrected chi connectivity index (χ1v) is 13.3. The first kappa shape index (κ1) is 22.6. The number of piperidine rings is 1. The summed E-state index contributed by atoms with van der Waals surface area (Å²) < 4.78 is 26.1. The molecule has 1 aromatic heterocycles. The van der Waals surface area contributed by atoms with Crippen molar-refractivity contribution in [3.05, 3.63) is 62.4 Å². The molecule has 2 heterocycles. The van der Waals surface area contributed by atoms with Crippen LogP contribution in [0.25, 0.3) is 11.3 Å². The molecule has 0 amide bonds. The lowest BCUT2D eigenvalue weighted by atomic mass is 9.99. The van der Waals surface area contributed by atoms with E-state index >= 15 is 0 Å². The molecule has 4 rings (SSSR count). The monoisotopic (exact) mass is 494 g/mol. The minimum Gasteiger partial charge on any atom is -0.348 e. The van der Waals surface area contributed by atoms with Gasteiger partial charge in [-0.15, -0.1) is 11.3 Å². The first-order chi connectivity index (χ1) is 14.7. The molecule has 0 saturated carbocycles. The van der Waals surface area contributed by atoms with E-state index in [0.717, 1.165) is 16.4 Å². The zero-order valence-corrected chi connectivity index (χ0v) is 20.8. The van der Waals surface area contributed by atoms with Crippen molar-refractivity contribution in [2.24, 2.45) is 0 Å². The number of anilines is 1. The Labute approximate surface area is 197 Å². The van der Waals surface area contributed by atoms with E-state index in [-0.39, 0.29) is 9.92 Å². The van der Waals surface area contributed by atoms with Crippen LogP contribution < -0.4 is 4.90 Å². The van der Waals surface area contributed by atoms with E-state index in [1.165, 1.54) is 34.9 Å². The SMILES string of the molecule is Cc1cc(C)c(-c2csc(N3CCC(S(=O)(=O)c4ccc(Cl)c(Cl)c4)CC3)n2)cc1C. The molecule has 164 valence electrons. The van der Waals surface area contributed by atoms with Gasteiger partial charge in [0.15, 0.2) is 15.0 Å². The molecule has 1 saturated heterocycles. The molecule has 0 aliphatic carbocycles. The molecular weight excluding hydrogens is 471 g/mol. The molecule has 3 aromatic rings. The second-order valence-corrected chi connectivity index (χ2v) is 12.0. The van der Waals surface area contributed by atoms with Crippen molar-refractivity contribution in [3.63, 3.8) is 0 Å². The number of thiazole rings is 1. The van der Waals surface area contributed by atoms with E-state index in [2.05, 4.69) is 43.2 Å². The third kappa shape index (κ3) is 4.49. The van der Waals surface area contributed by atoms with Crippen molar-refractivity contribution in [3.8, 4) is 11.3 Å². The second kappa shape index (κ2) is 8.74. The maximum atomic E-state index is 13.0. The predicted octanol–water partition coefficient (Wildman–Crippen LogP) is 6.48. The van der Waals surface area contributed by atoms with Crippen molar-refractivity contribution < 1.29 is 8.42 Å². The number of aromatic nitrogens is 1. The molecule has 0 spiro atoms. The van der Waals surface area contributed by atoms with Gasteiger partial charge in [0.05, 0.1) is 25.9 Å². The van der Waals surface area contributed by atoms with Gasteiger partial charge >= 0.3 is 0 Å². The highest BCUT2D eigenvalue weighted by Gasteiger charge is 2.32. The van der Waals surface area contributed by atoms with E-state index in [1.54, 1.807) is 11.3 Å². The van der Waals surface area contributed by atoms with Crippen LogP contribution in [0.1, 0.15) is 29.5 Å². The smallest absolute Gasteiger partial charge is 0.185 e. The Balaban J connectivity index is 1.48. The molecule has 0 N–H and O–H groups in total. The van der Waals surface area contributed by atoms with Gasteiger partial charge in [0.25, 0.3) is 0 Å². The third-order valence-electron chi connectivity index (χ3n) is 5.98. The van der Waals surface area contributed by atoms with Gasteiger partial charge in [-0.3, -0.25) is 0 Å². The Morgan fingerprint density at radius 1 is 0.968 bits per heavy atom. The van der Waals surface area contributed by atoms with E-state index in [0.29, 0.717) is 31.0 Å². The summed E-state index contributed by atoms with van der Waals surface area (Å²) in [5, 5.41) is 3.22. The normalized spacial score (nSPS) is 15.5. The van der Waals surface area contributed by atoms with Crippen molar-refractivity contribution in [1.82, 2.24) is 4.98 Å². The maximum Gasteiger partial charge on any atom is 0.185 e. The van der Waals surface area contributed by atoms with Crippen LogP contribution in [0, 0.1) is 20.8 Å². The Kier molecular flexibility index (Phi) is 6.37. The number of sulfone groups is 1. The Hall–Kier alpha value is -1.60. The van der Waals surface area contributed by atoms with E-state index < -0.39 is 15.1 Å². The summed E-state index contributed by atoms with van der Waals surface area (Å²) in [6, 6.07) is 8.92.